The number of hydrogen-bond acceptors (Lipinski definition) is 6. The molecule has 0 amide bonds. The zero-order valence-electron chi connectivity index (χ0n) is 14.2. The molecule has 1 N–H and O–H groups in total. The van der Waals surface area contributed by atoms with E-state index >= 15 is 0 Å². The van der Waals surface area contributed by atoms with Gasteiger partial charge in [0.05, 0.1) is 11.4 Å². The van der Waals surface area contributed by atoms with Crippen LogP contribution in [0.2, 0.25) is 0 Å². The summed E-state index contributed by atoms with van der Waals surface area (Å²) < 4.78 is 29.7. The molecular formula is C17H19N5O2S2. The Kier molecular flexibility index (Phi) is 3.84. The maximum atomic E-state index is 12.7. The number of nitrogens with one attached hydrogen (secondary N) is 1. The molecule has 0 bridgehead atoms. The molecule has 0 saturated heterocycles. The predicted molar refractivity (Wildman–Crippen MR) is 97.7 cm³/mol. The largest absolute Gasteiger partial charge is 0.240 e. The van der Waals surface area contributed by atoms with Crippen LogP contribution in [-0.4, -0.2) is 28.2 Å². The van der Waals surface area contributed by atoms with Crippen molar-refractivity contribution in [3.05, 3.63) is 40.2 Å². The van der Waals surface area contributed by atoms with E-state index in [2.05, 4.69) is 20.0 Å². The summed E-state index contributed by atoms with van der Waals surface area (Å²) in [6, 6.07) is 5.48. The first kappa shape index (κ1) is 16.3. The van der Waals surface area contributed by atoms with E-state index in [-0.39, 0.29) is 6.54 Å². The van der Waals surface area contributed by atoms with Crippen LogP contribution in [0, 0.1) is 0 Å². The molecule has 1 fully saturated rings. The minimum absolute atomic E-state index is 0.164. The summed E-state index contributed by atoms with van der Waals surface area (Å²) >= 11 is 1.37. The minimum atomic E-state index is -3.56. The Morgan fingerprint density at radius 2 is 1.96 bits per heavy atom. The lowest BCUT2D eigenvalue weighted by Crippen LogP contribution is -2.23. The third kappa shape index (κ3) is 2.93. The second-order valence-electron chi connectivity index (χ2n) is 6.98. The number of sulfonamides is 1. The number of aromatic nitrogens is 4. The lowest BCUT2D eigenvalue weighted by Gasteiger charge is -2.16. The molecule has 0 atom stereocenters. The molecule has 2 heterocycles. The zero-order chi connectivity index (χ0) is 17.7. The Balaban J connectivity index is 1.35. The summed E-state index contributed by atoms with van der Waals surface area (Å²) in [6.07, 6.45) is 6.55. The van der Waals surface area contributed by atoms with Gasteiger partial charge in [-0.05, 0) is 61.8 Å². The molecule has 0 aliphatic heterocycles. The van der Waals surface area contributed by atoms with E-state index in [1.807, 2.05) is 12.1 Å². The number of nitrogens with zero attached hydrogens (tertiary/aromatic N) is 4. The number of aryl methyl sites for hydroxylation is 2. The molecule has 7 nitrogen and oxygen atoms in total. The van der Waals surface area contributed by atoms with Gasteiger partial charge in [0.15, 0.2) is 5.82 Å². The monoisotopic (exact) mass is 389 g/mol. The van der Waals surface area contributed by atoms with Crippen LogP contribution in [-0.2, 0) is 29.4 Å². The predicted octanol–water partition coefficient (Wildman–Crippen LogP) is 2.42. The van der Waals surface area contributed by atoms with Crippen LogP contribution in [0.25, 0.3) is 4.96 Å². The van der Waals surface area contributed by atoms with Crippen molar-refractivity contribution in [2.45, 2.75) is 55.9 Å². The fourth-order valence-corrected chi connectivity index (χ4v) is 5.37. The fourth-order valence-electron chi connectivity index (χ4n) is 3.46. The van der Waals surface area contributed by atoms with Crippen molar-refractivity contribution in [3.63, 3.8) is 0 Å². The molecule has 0 spiro atoms. The van der Waals surface area contributed by atoms with Gasteiger partial charge < -0.3 is 0 Å². The molecule has 5 rings (SSSR count). The van der Waals surface area contributed by atoms with Crippen molar-refractivity contribution < 1.29 is 8.42 Å². The highest BCUT2D eigenvalue weighted by Crippen LogP contribution is 2.39. The van der Waals surface area contributed by atoms with Crippen molar-refractivity contribution in [1.82, 2.24) is 24.5 Å². The van der Waals surface area contributed by atoms with E-state index in [9.17, 15) is 8.42 Å². The number of fused-ring (bicyclic) bond motifs is 2. The third-order valence-corrected chi connectivity index (χ3v) is 7.34. The van der Waals surface area contributed by atoms with Gasteiger partial charge >= 0.3 is 0 Å². The van der Waals surface area contributed by atoms with Crippen molar-refractivity contribution in [2.24, 2.45) is 0 Å². The summed E-state index contributed by atoms with van der Waals surface area (Å²) in [6.45, 7) is 0.164. The van der Waals surface area contributed by atoms with Gasteiger partial charge in [-0.1, -0.05) is 17.4 Å². The van der Waals surface area contributed by atoms with E-state index in [1.165, 1.54) is 23.3 Å². The number of rotatable bonds is 5. The standard InChI is InChI=1S/C17H19N5O2S2/c23-26(24,14-8-7-11-3-1-2-4-13(11)9-14)18-10-15-21-22-16(12-5-6-12)19-20-17(22)25-15/h7-9,12,18H,1-6,10H2. The number of hydrogen-bond donors (Lipinski definition) is 1. The Hall–Kier alpha value is -1.84. The second kappa shape index (κ2) is 6.11. The fraction of sp³-hybridized carbons (Fsp3) is 0.471. The Labute approximate surface area is 155 Å². The normalized spacial score (nSPS) is 17.5. The average Bonchev–Trinajstić information content (AvgIpc) is 3.28. The van der Waals surface area contributed by atoms with Crippen LogP contribution in [0.1, 0.15) is 53.6 Å². The van der Waals surface area contributed by atoms with Crippen LogP contribution < -0.4 is 4.72 Å². The van der Waals surface area contributed by atoms with Gasteiger partial charge in [0.1, 0.15) is 5.01 Å². The highest BCUT2D eigenvalue weighted by Gasteiger charge is 2.30. The first-order chi connectivity index (χ1) is 12.6. The second-order valence-corrected chi connectivity index (χ2v) is 9.79. The molecule has 0 unspecified atom stereocenters. The van der Waals surface area contributed by atoms with Crippen LogP contribution in [0.15, 0.2) is 23.1 Å². The summed E-state index contributed by atoms with van der Waals surface area (Å²) in [4.78, 5) is 1.05. The molecule has 2 aliphatic carbocycles. The van der Waals surface area contributed by atoms with Crippen molar-refractivity contribution >= 4 is 26.3 Å². The van der Waals surface area contributed by atoms with Gasteiger partial charge in [0, 0.05) is 5.92 Å². The van der Waals surface area contributed by atoms with Crippen LogP contribution in [0.5, 0.6) is 0 Å². The lowest BCUT2D eigenvalue weighted by atomic mass is 9.92. The summed E-state index contributed by atoms with van der Waals surface area (Å²) in [5.74, 6) is 1.34. The van der Waals surface area contributed by atoms with Crippen molar-refractivity contribution in [3.8, 4) is 0 Å². The summed E-state index contributed by atoms with van der Waals surface area (Å²) in [5, 5.41) is 13.5. The molecule has 136 valence electrons. The Bertz CT molecular complexity index is 1080. The topological polar surface area (TPSA) is 89.2 Å². The maximum Gasteiger partial charge on any atom is 0.240 e. The van der Waals surface area contributed by atoms with Gasteiger partial charge in [0.2, 0.25) is 15.0 Å². The van der Waals surface area contributed by atoms with Gasteiger partial charge in [0.25, 0.3) is 0 Å². The van der Waals surface area contributed by atoms with Gasteiger partial charge in [-0.15, -0.1) is 10.2 Å². The smallest absolute Gasteiger partial charge is 0.207 e. The third-order valence-electron chi connectivity index (χ3n) is 5.04. The van der Waals surface area contributed by atoms with Crippen molar-refractivity contribution in [2.75, 3.05) is 0 Å². The molecule has 26 heavy (non-hydrogen) atoms. The number of benzene rings is 1. The quantitative estimate of drug-likeness (QED) is 0.724. The van der Waals surface area contributed by atoms with E-state index < -0.39 is 10.0 Å². The first-order valence-corrected chi connectivity index (χ1v) is 11.2. The van der Waals surface area contributed by atoms with Gasteiger partial charge in [-0.25, -0.2) is 13.1 Å². The molecule has 2 aromatic heterocycles. The molecule has 9 heteroatoms. The van der Waals surface area contributed by atoms with E-state index in [0.717, 1.165) is 48.5 Å². The lowest BCUT2D eigenvalue weighted by molar-refractivity contribution is 0.580. The van der Waals surface area contributed by atoms with Gasteiger partial charge in [-0.3, -0.25) is 0 Å². The van der Waals surface area contributed by atoms with Crippen molar-refractivity contribution in [1.29, 1.82) is 0 Å². The van der Waals surface area contributed by atoms with Crippen LogP contribution >= 0.6 is 11.3 Å². The molecule has 1 aromatic carbocycles. The molecule has 2 aliphatic rings. The van der Waals surface area contributed by atoms with Crippen LogP contribution in [0.3, 0.4) is 0 Å². The molecular weight excluding hydrogens is 370 g/mol. The average molecular weight is 390 g/mol. The Morgan fingerprint density at radius 1 is 1.15 bits per heavy atom. The summed E-state index contributed by atoms with van der Waals surface area (Å²) in [7, 11) is -3.56. The zero-order valence-corrected chi connectivity index (χ0v) is 15.8. The Morgan fingerprint density at radius 3 is 2.77 bits per heavy atom. The molecule has 0 radical (unpaired) electrons. The highest BCUT2D eigenvalue weighted by atomic mass is 32.2. The summed E-state index contributed by atoms with van der Waals surface area (Å²) in [5.41, 5.74) is 2.43. The molecule has 1 saturated carbocycles. The van der Waals surface area contributed by atoms with E-state index in [4.69, 9.17) is 0 Å². The maximum absolute atomic E-state index is 12.7. The molecule has 3 aromatic rings. The minimum Gasteiger partial charge on any atom is -0.207 e. The van der Waals surface area contributed by atoms with Gasteiger partial charge in [-0.2, -0.15) is 9.61 Å². The first-order valence-electron chi connectivity index (χ1n) is 8.93. The van der Waals surface area contributed by atoms with Crippen LogP contribution in [0.4, 0.5) is 0 Å². The van der Waals surface area contributed by atoms with E-state index in [0.29, 0.717) is 15.8 Å². The van der Waals surface area contributed by atoms with E-state index in [1.54, 1.807) is 10.6 Å². The SMILES string of the molecule is O=S(=O)(NCc1nn2c(C3CC3)nnc2s1)c1ccc2c(c1)CCCC2. The highest BCUT2D eigenvalue weighted by molar-refractivity contribution is 7.89.